The number of hydrogen-bond acceptors (Lipinski definition) is 14. The number of ketones is 1. The molecule has 0 rings (SSSR count). The molecule has 20 heteroatoms. The number of aliphatic hydroxyl groups excluding tert-OH is 8. The molecule has 0 fully saturated rings. The fourth-order valence-electron chi connectivity index (χ4n) is 2.11. The maximum absolute atomic E-state index is 12.0. The van der Waals surface area contributed by atoms with Gasteiger partial charge in [-0.25, -0.2) is 9.13 Å². The monoisotopic (exact) mass is 518 g/mol. The Balaban J connectivity index is 5.20. The van der Waals surface area contributed by atoms with Crippen LogP contribution in [0, 0.1) is 0 Å². The van der Waals surface area contributed by atoms with E-state index < -0.39 is 83.0 Å². The first-order valence-electron chi connectivity index (χ1n) is 8.21. The van der Waals surface area contributed by atoms with Crippen molar-refractivity contribution in [2.45, 2.75) is 54.9 Å². The Kier molecular flexibility index (Phi) is 12.3. The lowest BCUT2D eigenvalue weighted by molar-refractivity contribution is -0.169. The van der Waals surface area contributed by atoms with Crippen molar-refractivity contribution in [2.24, 2.45) is 0 Å². The van der Waals surface area contributed by atoms with Gasteiger partial charge in [-0.3, -0.25) is 13.8 Å². The lowest BCUT2D eigenvalue weighted by Crippen LogP contribution is -2.56. The number of aldehydes is 1. The van der Waals surface area contributed by atoms with Crippen LogP contribution in [-0.2, 0) is 27.8 Å². The van der Waals surface area contributed by atoms with Gasteiger partial charge in [0.05, 0.1) is 6.61 Å². The summed E-state index contributed by atoms with van der Waals surface area (Å²) in [6, 6.07) is 0. The zero-order valence-corrected chi connectivity index (χ0v) is 17.5. The molecule has 0 aliphatic carbocycles. The smallest absolute Gasteiger partial charge is 0.388 e. The molecular weight excluding hydrogens is 494 g/mol. The summed E-state index contributed by atoms with van der Waals surface area (Å²) >= 11 is 0. The van der Waals surface area contributed by atoms with Crippen molar-refractivity contribution in [3.8, 4) is 0 Å². The predicted octanol–water partition coefficient (Wildman–Crippen LogP) is -6.77. The average Bonchev–Trinajstić information content (AvgIpc) is 2.69. The number of carbonyl (C=O) groups excluding carboxylic acids is 2. The largest absolute Gasteiger partial charge is 0.470 e. The van der Waals surface area contributed by atoms with E-state index in [1.165, 1.54) is 0 Å². The van der Waals surface area contributed by atoms with Crippen LogP contribution in [-0.4, -0.2) is 134 Å². The van der Waals surface area contributed by atoms with Crippen molar-refractivity contribution < 1.29 is 88.2 Å². The van der Waals surface area contributed by atoms with Crippen molar-refractivity contribution in [1.82, 2.24) is 0 Å². The first-order chi connectivity index (χ1) is 14.3. The van der Waals surface area contributed by atoms with Gasteiger partial charge in [-0.1, -0.05) is 0 Å². The number of Topliss-reactive ketones (excluding diaryl/α,β-unsaturated/α-hetero) is 1. The minimum absolute atomic E-state index is 0.385. The minimum Gasteiger partial charge on any atom is -0.388 e. The number of phosphoric ester groups is 2. The highest BCUT2D eigenvalue weighted by Gasteiger charge is 2.44. The van der Waals surface area contributed by atoms with Crippen LogP contribution in [0.4, 0.5) is 0 Å². The van der Waals surface area contributed by atoms with Crippen LogP contribution < -0.4 is 0 Å². The number of hydrogen-bond donors (Lipinski definition) is 12. The van der Waals surface area contributed by atoms with Crippen LogP contribution in [0.25, 0.3) is 0 Å². The summed E-state index contributed by atoms with van der Waals surface area (Å²) in [5, 5.41) is 77.5. The zero-order chi connectivity index (χ0) is 25.6. The average molecular weight is 518 g/mol. The molecule has 0 bridgehead atoms. The molecule has 0 aromatic heterocycles. The van der Waals surface area contributed by atoms with E-state index in [-0.39, 0.29) is 6.29 Å². The van der Waals surface area contributed by atoms with Crippen molar-refractivity contribution in [3.05, 3.63) is 0 Å². The third-order valence-corrected chi connectivity index (χ3v) is 4.82. The van der Waals surface area contributed by atoms with Crippen molar-refractivity contribution in [1.29, 1.82) is 0 Å². The van der Waals surface area contributed by atoms with Crippen molar-refractivity contribution >= 4 is 27.7 Å². The molecule has 32 heavy (non-hydrogen) atoms. The standard InChI is InChI=1S/C12H24O18P2/c13-1-4(30-32(26,27)28)6(16)8(18)10(20)12(22)11(21)9(19)7(17)5(15)3(14)2-29-31(23,24)25/h1,3-10,12,14-20,22H,2H2,(H2,23,24,25)(H2,26,27,28)/t3-,4-,5-,6-,7+,8+,9+,10+,12?/m1/s1. The van der Waals surface area contributed by atoms with Crippen LogP contribution in [0.3, 0.4) is 0 Å². The number of carbonyl (C=O) groups is 2. The molecular formula is C12H24O18P2. The van der Waals surface area contributed by atoms with Gasteiger partial charge >= 0.3 is 15.6 Å². The van der Waals surface area contributed by atoms with Gasteiger partial charge in [-0.15, -0.1) is 0 Å². The van der Waals surface area contributed by atoms with Gasteiger partial charge in [0.1, 0.15) is 48.8 Å². The second-order valence-electron chi connectivity index (χ2n) is 6.30. The SMILES string of the molecule is O=C[C@@H](OP(=O)(O)O)[C@@H](O)[C@H](O)[C@H](O)C(O)C(=O)[C@@H](O)[C@@H](O)[C@H](O)[C@H](O)COP(=O)(O)O. The van der Waals surface area contributed by atoms with E-state index in [4.69, 9.17) is 19.6 Å². The number of aliphatic hydroxyl groups is 8. The summed E-state index contributed by atoms with van der Waals surface area (Å²) in [7, 11) is -10.5. The van der Waals surface area contributed by atoms with Gasteiger partial charge in [0.2, 0.25) is 0 Å². The molecule has 0 aliphatic heterocycles. The topological polar surface area (TPSA) is 330 Å². The van der Waals surface area contributed by atoms with E-state index in [1.807, 2.05) is 0 Å². The summed E-state index contributed by atoms with van der Waals surface area (Å²) in [5.41, 5.74) is 0. The Morgan fingerprint density at radius 1 is 0.719 bits per heavy atom. The normalized spacial score (nSPS) is 21.5. The Bertz CT molecular complexity index is 704. The molecule has 0 aliphatic rings. The second kappa shape index (κ2) is 12.6. The summed E-state index contributed by atoms with van der Waals surface area (Å²) in [6.45, 7) is -1.27. The van der Waals surface area contributed by atoms with E-state index in [2.05, 4.69) is 9.05 Å². The molecule has 0 spiro atoms. The Morgan fingerprint density at radius 2 is 1.16 bits per heavy atom. The quantitative estimate of drug-likeness (QED) is 0.0707. The molecule has 0 amide bonds. The highest BCUT2D eigenvalue weighted by molar-refractivity contribution is 7.46. The van der Waals surface area contributed by atoms with Gasteiger partial charge in [0, 0.05) is 0 Å². The van der Waals surface area contributed by atoms with Gasteiger partial charge in [0.15, 0.2) is 18.2 Å². The van der Waals surface area contributed by atoms with Crippen molar-refractivity contribution in [3.63, 3.8) is 0 Å². The molecule has 1 unspecified atom stereocenters. The van der Waals surface area contributed by atoms with E-state index in [0.29, 0.717) is 0 Å². The van der Waals surface area contributed by atoms with Crippen LogP contribution in [0.2, 0.25) is 0 Å². The summed E-state index contributed by atoms with van der Waals surface area (Å²) < 4.78 is 28.9. The highest BCUT2D eigenvalue weighted by atomic mass is 31.2. The van der Waals surface area contributed by atoms with Gasteiger partial charge < -0.3 is 65.2 Å². The number of phosphoric acid groups is 2. The van der Waals surface area contributed by atoms with E-state index in [1.54, 1.807) is 0 Å². The first-order valence-corrected chi connectivity index (χ1v) is 11.3. The van der Waals surface area contributed by atoms with E-state index >= 15 is 0 Å². The van der Waals surface area contributed by atoms with Crippen molar-refractivity contribution in [2.75, 3.05) is 6.61 Å². The molecule has 0 radical (unpaired) electrons. The third-order valence-electron chi connectivity index (χ3n) is 3.82. The molecule has 0 saturated heterocycles. The maximum Gasteiger partial charge on any atom is 0.470 e. The summed E-state index contributed by atoms with van der Waals surface area (Å²) in [4.78, 5) is 56.9. The fraction of sp³-hybridized carbons (Fsp3) is 0.833. The molecule has 0 heterocycles. The van der Waals surface area contributed by atoms with Crippen LogP contribution in [0.1, 0.15) is 0 Å². The maximum atomic E-state index is 12.0. The Labute approximate surface area is 178 Å². The first kappa shape index (κ1) is 31.2. The number of rotatable bonds is 15. The highest BCUT2D eigenvalue weighted by Crippen LogP contribution is 2.38. The molecule has 0 saturated carbocycles. The summed E-state index contributed by atoms with van der Waals surface area (Å²) in [6.07, 6.45) is -23.9. The molecule has 0 aromatic rings. The zero-order valence-electron chi connectivity index (χ0n) is 15.7. The molecule has 18 nitrogen and oxygen atoms in total. The van der Waals surface area contributed by atoms with Crippen LogP contribution in [0.5, 0.6) is 0 Å². The van der Waals surface area contributed by atoms with E-state index in [0.717, 1.165) is 0 Å². The third kappa shape index (κ3) is 10.0. The second-order valence-corrected chi connectivity index (χ2v) is 8.73. The van der Waals surface area contributed by atoms with Gasteiger partial charge in [0.25, 0.3) is 0 Å². The molecule has 190 valence electrons. The Hall–Kier alpha value is -0.760. The molecule has 9 atom stereocenters. The Morgan fingerprint density at radius 3 is 1.53 bits per heavy atom. The lowest BCUT2D eigenvalue weighted by Gasteiger charge is -2.31. The van der Waals surface area contributed by atoms with Gasteiger partial charge in [-0.2, -0.15) is 0 Å². The van der Waals surface area contributed by atoms with Crippen LogP contribution >= 0.6 is 15.6 Å². The van der Waals surface area contributed by atoms with Crippen LogP contribution in [0.15, 0.2) is 0 Å². The minimum atomic E-state index is -5.37. The molecule has 0 aromatic carbocycles. The van der Waals surface area contributed by atoms with Gasteiger partial charge in [-0.05, 0) is 0 Å². The molecule has 12 N–H and O–H groups in total. The van der Waals surface area contributed by atoms with E-state index in [9.17, 15) is 59.6 Å². The summed E-state index contributed by atoms with van der Waals surface area (Å²) in [5.74, 6) is -1.92. The fourth-order valence-corrected chi connectivity index (χ4v) is 2.95. The predicted molar refractivity (Wildman–Crippen MR) is 94.0 cm³/mol. The lowest BCUT2D eigenvalue weighted by atomic mass is 9.92.